The average molecular weight is 376 g/mol. The fourth-order valence-corrected chi connectivity index (χ4v) is 6.86. The first kappa shape index (κ1) is 16.8. The molecule has 1 atom stereocenters. The number of sulfone groups is 1. The van der Waals surface area contributed by atoms with E-state index in [1.807, 2.05) is 19.1 Å². The predicted molar refractivity (Wildman–Crippen MR) is 101 cm³/mol. The van der Waals surface area contributed by atoms with Crippen LogP contribution >= 0.6 is 11.3 Å². The van der Waals surface area contributed by atoms with Gasteiger partial charge in [0.1, 0.15) is 0 Å². The van der Waals surface area contributed by atoms with Crippen LogP contribution in [-0.4, -0.2) is 43.3 Å². The van der Waals surface area contributed by atoms with Crippen molar-refractivity contribution in [1.29, 1.82) is 0 Å². The van der Waals surface area contributed by atoms with Crippen LogP contribution in [0.2, 0.25) is 0 Å². The molecule has 1 unspecified atom stereocenters. The van der Waals surface area contributed by atoms with Crippen molar-refractivity contribution in [2.75, 3.05) is 18.1 Å². The van der Waals surface area contributed by atoms with E-state index < -0.39 is 9.84 Å². The van der Waals surface area contributed by atoms with Crippen LogP contribution in [0.3, 0.4) is 0 Å². The lowest BCUT2D eigenvalue weighted by Gasteiger charge is -2.26. The highest BCUT2D eigenvalue weighted by molar-refractivity contribution is 7.91. The molecule has 0 N–H and O–H groups in total. The van der Waals surface area contributed by atoms with Crippen molar-refractivity contribution < 1.29 is 13.2 Å². The molecule has 25 heavy (non-hydrogen) atoms. The number of carbonyl (C=O) groups is 1. The van der Waals surface area contributed by atoms with Crippen LogP contribution in [0.4, 0.5) is 0 Å². The van der Waals surface area contributed by atoms with Gasteiger partial charge >= 0.3 is 0 Å². The van der Waals surface area contributed by atoms with E-state index in [1.165, 1.54) is 21.6 Å². The van der Waals surface area contributed by atoms with E-state index in [1.54, 1.807) is 16.2 Å². The number of hydrogen-bond acceptors (Lipinski definition) is 4. The molecule has 0 spiro atoms. The zero-order chi connectivity index (χ0) is 17.6. The highest BCUT2D eigenvalue weighted by Gasteiger charge is 2.35. The lowest BCUT2D eigenvalue weighted by atomic mass is 9.91. The summed E-state index contributed by atoms with van der Waals surface area (Å²) < 4.78 is 23.6. The van der Waals surface area contributed by atoms with E-state index in [2.05, 4.69) is 18.2 Å². The molecule has 2 aliphatic rings. The Kier molecular flexibility index (Phi) is 4.20. The standard InChI is InChI=1S/C19H21NO3S2/c1-2-20(15-9-10-25(22,23)12-15)19(21)17-11-14-8-7-13-5-3-4-6-16(13)18(14)24-17/h3-6,11,15H,2,7-10,12H2,1H3. The second-order valence-electron chi connectivity index (χ2n) is 6.77. The largest absolute Gasteiger partial charge is 0.334 e. The maximum absolute atomic E-state index is 13.0. The Hall–Kier alpha value is -1.66. The Morgan fingerprint density at radius 1 is 1.24 bits per heavy atom. The van der Waals surface area contributed by atoms with Crippen molar-refractivity contribution in [1.82, 2.24) is 4.90 Å². The molecule has 2 heterocycles. The number of fused-ring (bicyclic) bond motifs is 3. The molecule has 1 aromatic heterocycles. The molecule has 1 amide bonds. The molecule has 1 aromatic carbocycles. The van der Waals surface area contributed by atoms with Crippen molar-refractivity contribution in [3.63, 3.8) is 0 Å². The Labute approximate surface area is 152 Å². The quantitative estimate of drug-likeness (QED) is 0.828. The monoisotopic (exact) mass is 375 g/mol. The highest BCUT2D eigenvalue weighted by atomic mass is 32.2. The second kappa shape index (κ2) is 6.25. The van der Waals surface area contributed by atoms with Gasteiger partial charge in [0.15, 0.2) is 9.84 Å². The van der Waals surface area contributed by atoms with Crippen molar-refractivity contribution in [2.24, 2.45) is 0 Å². The average Bonchev–Trinajstić information content (AvgIpc) is 3.19. The summed E-state index contributed by atoms with van der Waals surface area (Å²) in [6, 6.07) is 10.2. The topological polar surface area (TPSA) is 54.5 Å². The van der Waals surface area contributed by atoms with Crippen LogP contribution in [0.15, 0.2) is 30.3 Å². The maximum Gasteiger partial charge on any atom is 0.264 e. The lowest BCUT2D eigenvalue weighted by Crippen LogP contribution is -2.40. The Balaban J connectivity index is 1.65. The SMILES string of the molecule is CCN(C(=O)c1cc2c(s1)-c1ccccc1CC2)C1CCS(=O)(=O)C1. The first-order valence-corrected chi connectivity index (χ1v) is 11.3. The molecule has 6 heteroatoms. The number of benzene rings is 1. The fourth-order valence-electron chi connectivity index (χ4n) is 3.91. The smallest absolute Gasteiger partial charge is 0.264 e. The van der Waals surface area contributed by atoms with Crippen LogP contribution in [0, 0.1) is 0 Å². The molecule has 0 saturated carbocycles. The number of thiophene rings is 1. The minimum absolute atomic E-state index is 0.0264. The van der Waals surface area contributed by atoms with Crippen molar-refractivity contribution in [3.05, 3.63) is 46.3 Å². The minimum Gasteiger partial charge on any atom is -0.334 e. The Bertz CT molecular complexity index is 930. The van der Waals surface area contributed by atoms with E-state index in [0.717, 1.165) is 17.7 Å². The van der Waals surface area contributed by atoms with Gasteiger partial charge in [-0.2, -0.15) is 0 Å². The van der Waals surface area contributed by atoms with E-state index in [4.69, 9.17) is 0 Å². The minimum atomic E-state index is -3.00. The van der Waals surface area contributed by atoms with Gasteiger partial charge in [-0.3, -0.25) is 4.79 Å². The molecule has 2 aromatic rings. The van der Waals surface area contributed by atoms with Crippen LogP contribution in [-0.2, 0) is 22.7 Å². The fraction of sp³-hybridized carbons (Fsp3) is 0.421. The number of rotatable bonds is 3. The zero-order valence-electron chi connectivity index (χ0n) is 14.2. The highest BCUT2D eigenvalue weighted by Crippen LogP contribution is 2.40. The molecule has 0 bridgehead atoms. The first-order valence-electron chi connectivity index (χ1n) is 8.71. The van der Waals surface area contributed by atoms with Crippen LogP contribution in [0.5, 0.6) is 0 Å². The zero-order valence-corrected chi connectivity index (χ0v) is 15.8. The van der Waals surface area contributed by atoms with Gasteiger partial charge in [-0.25, -0.2) is 8.42 Å². The van der Waals surface area contributed by atoms with Gasteiger partial charge in [-0.15, -0.1) is 11.3 Å². The van der Waals surface area contributed by atoms with Gasteiger partial charge in [0, 0.05) is 17.5 Å². The van der Waals surface area contributed by atoms with Gasteiger partial charge < -0.3 is 4.90 Å². The number of amides is 1. The third kappa shape index (κ3) is 3.02. The molecule has 4 nitrogen and oxygen atoms in total. The Morgan fingerprint density at radius 3 is 2.72 bits per heavy atom. The molecule has 132 valence electrons. The van der Waals surface area contributed by atoms with E-state index in [9.17, 15) is 13.2 Å². The van der Waals surface area contributed by atoms with Gasteiger partial charge in [0.05, 0.1) is 16.4 Å². The molecule has 1 fully saturated rings. The number of hydrogen-bond donors (Lipinski definition) is 0. The summed E-state index contributed by atoms with van der Waals surface area (Å²) in [6.07, 6.45) is 2.52. The van der Waals surface area contributed by atoms with E-state index in [0.29, 0.717) is 13.0 Å². The van der Waals surface area contributed by atoms with Gasteiger partial charge in [0.2, 0.25) is 0 Å². The molecule has 4 rings (SSSR count). The van der Waals surface area contributed by atoms with Crippen LogP contribution < -0.4 is 0 Å². The van der Waals surface area contributed by atoms with Crippen molar-refractivity contribution in [3.8, 4) is 10.4 Å². The maximum atomic E-state index is 13.0. The van der Waals surface area contributed by atoms with Gasteiger partial charge in [-0.1, -0.05) is 24.3 Å². The number of aryl methyl sites for hydroxylation is 2. The van der Waals surface area contributed by atoms with Crippen LogP contribution in [0.1, 0.15) is 34.1 Å². The normalized spacial score (nSPS) is 20.8. The molecule has 1 saturated heterocycles. The molecule has 0 radical (unpaired) electrons. The Morgan fingerprint density at radius 2 is 2.00 bits per heavy atom. The van der Waals surface area contributed by atoms with E-state index >= 15 is 0 Å². The summed E-state index contributed by atoms with van der Waals surface area (Å²) >= 11 is 1.55. The molecular weight excluding hydrogens is 354 g/mol. The summed E-state index contributed by atoms with van der Waals surface area (Å²) in [5.74, 6) is 0.262. The summed E-state index contributed by atoms with van der Waals surface area (Å²) in [6.45, 7) is 2.46. The van der Waals surface area contributed by atoms with Crippen molar-refractivity contribution in [2.45, 2.75) is 32.2 Å². The van der Waals surface area contributed by atoms with Gasteiger partial charge in [0.25, 0.3) is 5.91 Å². The summed E-state index contributed by atoms with van der Waals surface area (Å²) in [4.78, 5) is 16.7. The molecule has 1 aliphatic carbocycles. The molecular formula is C19H21NO3S2. The third-order valence-electron chi connectivity index (χ3n) is 5.20. The molecule has 1 aliphatic heterocycles. The lowest BCUT2D eigenvalue weighted by molar-refractivity contribution is 0.0713. The summed E-state index contributed by atoms with van der Waals surface area (Å²) in [5.41, 5.74) is 3.81. The second-order valence-corrected chi connectivity index (χ2v) is 10.1. The summed E-state index contributed by atoms with van der Waals surface area (Å²) in [5, 5.41) is 0. The van der Waals surface area contributed by atoms with E-state index in [-0.39, 0.29) is 23.5 Å². The predicted octanol–water partition coefficient (Wildman–Crippen LogP) is 3.16. The number of carbonyl (C=O) groups excluding carboxylic acids is 1. The number of nitrogens with zero attached hydrogens (tertiary/aromatic N) is 1. The van der Waals surface area contributed by atoms with Gasteiger partial charge in [-0.05, 0) is 48.9 Å². The van der Waals surface area contributed by atoms with Crippen molar-refractivity contribution >= 4 is 27.1 Å². The third-order valence-corrected chi connectivity index (χ3v) is 8.15. The first-order chi connectivity index (χ1) is 12.0. The van der Waals surface area contributed by atoms with Crippen LogP contribution in [0.25, 0.3) is 10.4 Å². The summed E-state index contributed by atoms with van der Waals surface area (Å²) in [7, 11) is -3.00.